The van der Waals surface area contributed by atoms with Crippen molar-refractivity contribution in [2.24, 2.45) is 4.99 Å². The Morgan fingerprint density at radius 1 is 1.25 bits per heavy atom. The molecule has 1 aliphatic heterocycles. The maximum Gasteiger partial charge on any atom is 0.0849 e. The van der Waals surface area contributed by atoms with Gasteiger partial charge in [-0.1, -0.05) is 13.3 Å². The molecule has 1 aliphatic rings. The molecule has 70 valence electrons. The highest BCUT2D eigenvalue weighted by atomic mass is 15.1. The second-order valence-electron chi connectivity index (χ2n) is 3.47. The highest BCUT2D eigenvalue weighted by Gasteiger charge is 2.04. The summed E-state index contributed by atoms with van der Waals surface area (Å²) in [6.45, 7) is 5.65. The molecule has 2 heteroatoms. The minimum atomic E-state index is 1.01. The quantitative estimate of drug-likeness (QED) is 0.357. The Morgan fingerprint density at radius 3 is 2.67 bits per heavy atom. The summed E-state index contributed by atoms with van der Waals surface area (Å²) >= 11 is 0. The number of rotatable bonds is 4. The van der Waals surface area contributed by atoms with Crippen LogP contribution >= 0.6 is 0 Å². The Morgan fingerprint density at radius 2 is 2.00 bits per heavy atom. The van der Waals surface area contributed by atoms with Gasteiger partial charge in [-0.15, -0.1) is 0 Å². The Bertz CT molecular complexity index is 126. The van der Waals surface area contributed by atoms with Crippen LogP contribution in [-0.2, 0) is 0 Å². The normalized spacial score (nSPS) is 18.9. The zero-order valence-corrected chi connectivity index (χ0v) is 8.13. The van der Waals surface area contributed by atoms with Gasteiger partial charge in [-0.3, -0.25) is 4.99 Å². The van der Waals surface area contributed by atoms with Crippen LogP contribution in [0.1, 0.15) is 39.0 Å². The number of piperidine rings is 1. The fraction of sp³-hybridized carbons (Fsp3) is 0.900. The van der Waals surface area contributed by atoms with Crippen molar-refractivity contribution in [2.45, 2.75) is 39.0 Å². The largest absolute Gasteiger partial charge is 0.363 e. The first-order chi connectivity index (χ1) is 5.93. The molecule has 1 rings (SSSR count). The van der Waals surface area contributed by atoms with Crippen molar-refractivity contribution in [3.8, 4) is 0 Å². The second kappa shape index (κ2) is 6.04. The molecule has 0 aromatic carbocycles. The van der Waals surface area contributed by atoms with E-state index in [1.165, 1.54) is 45.2 Å². The SMILES string of the molecule is CCCCN=CN1CCCCC1. The van der Waals surface area contributed by atoms with Crippen LogP contribution in [0.25, 0.3) is 0 Å². The monoisotopic (exact) mass is 168 g/mol. The first kappa shape index (κ1) is 9.56. The Balaban J connectivity index is 2.07. The molecule has 0 aliphatic carbocycles. The summed E-state index contributed by atoms with van der Waals surface area (Å²) in [4.78, 5) is 6.73. The summed E-state index contributed by atoms with van der Waals surface area (Å²) in [5.41, 5.74) is 0. The zero-order chi connectivity index (χ0) is 8.65. The molecular weight excluding hydrogens is 148 g/mol. The van der Waals surface area contributed by atoms with Crippen LogP contribution < -0.4 is 0 Å². The third-order valence-electron chi connectivity index (χ3n) is 2.28. The van der Waals surface area contributed by atoms with E-state index in [9.17, 15) is 0 Å². The van der Waals surface area contributed by atoms with E-state index in [2.05, 4.69) is 23.2 Å². The number of aliphatic imine (C=N–C) groups is 1. The van der Waals surface area contributed by atoms with E-state index < -0.39 is 0 Å². The highest BCUT2D eigenvalue weighted by molar-refractivity contribution is 5.54. The number of nitrogens with zero attached hydrogens (tertiary/aromatic N) is 2. The minimum absolute atomic E-state index is 1.01. The topological polar surface area (TPSA) is 15.6 Å². The molecular formula is C10H20N2. The fourth-order valence-electron chi connectivity index (χ4n) is 1.46. The van der Waals surface area contributed by atoms with Gasteiger partial charge in [-0.2, -0.15) is 0 Å². The third-order valence-corrected chi connectivity index (χ3v) is 2.28. The summed E-state index contributed by atoms with van der Waals surface area (Å²) in [6, 6.07) is 0. The van der Waals surface area contributed by atoms with Gasteiger partial charge in [0.05, 0.1) is 6.34 Å². The lowest BCUT2D eigenvalue weighted by Gasteiger charge is -2.23. The zero-order valence-electron chi connectivity index (χ0n) is 8.13. The van der Waals surface area contributed by atoms with Crippen LogP contribution in [0.15, 0.2) is 4.99 Å². The first-order valence-corrected chi connectivity index (χ1v) is 5.17. The van der Waals surface area contributed by atoms with Gasteiger partial charge >= 0.3 is 0 Å². The van der Waals surface area contributed by atoms with Crippen molar-refractivity contribution in [1.29, 1.82) is 0 Å². The van der Waals surface area contributed by atoms with Gasteiger partial charge in [-0.05, 0) is 25.7 Å². The molecule has 0 N–H and O–H groups in total. The predicted octanol–water partition coefficient (Wildman–Crippen LogP) is 2.30. The number of unbranched alkanes of at least 4 members (excludes halogenated alkanes) is 1. The van der Waals surface area contributed by atoms with Gasteiger partial charge in [0.25, 0.3) is 0 Å². The molecule has 0 saturated carbocycles. The maximum atomic E-state index is 4.39. The van der Waals surface area contributed by atoms with Gasteiger partial charge in [0.15, 0.2) is 0 Å². The number of hydrogen-bond donors (Lipinski definition) is 0. The minimum Gasteiger partial charge on any atom is -0.363 e. The molecule has 0 atom stereocenters. The van der Waals surface area contributed by atoms with E-state index >= 15 is 0 Å². The lowest BCUT2D eigenvalue weighted by atomic mass is 10.1. The molecule has 0 amide bonds. The van der Waals surface area contributed by atoms with Gasteiger partial charge in [0.2, 0.25) is 0 Å². The molecule has 0 aromatic rings. The molecule has 0 aromatic heterocycles. The van der Waals surface area contributed by atoms with Crippen molar-refractivity contribution >= 4 is 6.34 Å². The molecule has 0 unspecified atom stereocenters. The van der Waals surface area contributed by atoms with Gasteiger partial charge in [-0.25, -0.2) is 0 Å². The molecule has 0 radical (unpaired) electrons. The van der Waals surface area contributed by atoms with Crippen LogP contribution in [0.4, 0.5) is 0 Å². The number of likely N-dealkylation sites (tertiary alicyclic amines) is 1. The second-order valence-corrected chi connectivity index (χ2v) is 3.47. The van der Waals surface area contributed by atoms with E-state index in [0.29, 0.717) is 0 Å². The maximum absolute atomic E-state index is 4.39. The lowest BCUT2D eigenvalue weighted by molar-refractivity contribution is 0.350. The standard InChI is InChI=1S/C10H20N2/c1-2-3-7-11-10-12-8-5-4-6-9-12/h10H,2-9H2,1H3. The fourth-order valence-corrected chi connectivity index (χ4v) is 1.46. The van der Waals surface area contributed by atoms with Crippen molar-refractivity contribution in [1.82, 2.24) is 4.90 Å². The van der Waals surface area contributed by atoms with Crippen molar-refractivity contribution in [3.05, 3.63) is 0 Å². The average molecular weight is 168 g/mol. The first-order valence-electron chi connectivity index (χ1n) is 5.17. The van der Waals surface area contributed by atoms with Crippen molar-refractivity contribution < 1.29 is 0 Å². The molecule has 0 spiro atoms. The van der Waals surface area contributed by atoms with E-state index in [-0.39, 0.29) is 0 Å². The molecule has 2 nitrogen and oxygen atoms in total. The third kappa shape index (κ3) is 3.74. The van der Waals surface area contributed by atoms with E-state index in [1.54, 1.807) is 0 Å². The number of hydrogen-bond acceptors (Lipinski definition) is 1. The summed E-state index contributed by atoms with van der Waals surface area (Å²) in [5.74, 6) is 0. The van der Waals surface area contributed by atoms with Crippen molar-refractivity contribution in [3.63, 3.8) is 0 Å². The van der Waals surface area contributed by atoms with Gasteiger partial charge < -0.3 is 4.90 Å². The summed E-state index contributed by atoms with van der Waals surface area (Å²) < 4.78 is 0. The smallest absolute Gasteiger partial charge is 0.0849 e. The van der Waals surface area contributed by atoms with Crippen LogP contribution in [-0.4, -0.2) is 30.9 Å². The van der Waals surface area contributed by atoms with Crippen molar-refractivity contribution in [2.75, 3.05) is 19.6 Å². The molecule has 12 heavy (non-hydrogen) atoms. The predicted molar refractivity (Wildman–Crippen MR) is 53.7 cm³/mol. The molecule has 1 heterocycles. The molecule has 1 fully saturated rings. The Hall–Kier alpha value is -0.530. The van der Waals surface area contributed by atoms with Crippen LogP contribution in [0.2, 0.25) is 0 Å². The van der Waals surface area contributed by atoms with Crippen LogP contribution in [0.3, 0.4) is 0 Å². The van der Waals surface area contributed by atoms with Gasteiger partial charge in [0, 0.05) is 19.6 Å². The molecule has 1 saturated heterocycles. The van der Waals surface area contributed by atoms with E-state index in [0.717, 1.165) is 6.54 Å². The van der Waals surface area contributed by atoms with E-state index in [1.807, 2.05) is 0 Å². The Labute approximate surface area is 75.7 Å². The highest BCUT2D eigenvalue weighted by Crippen LogP contribution is 2.06. The van der Waals surface area contributed by atoms with Gasteiger partial charge in [0.1, 0.15) is 0 Å². The summed E-state index contributed by atoms with van der Waals surface area (Å²) in [7, 11) is 0. The Kier molecular flexibility index (Phi) is 4.81. The van der Waals surface area contributed by atoms with Crippen LogP contribution in [0, 0.1) is 0 Å². The molecule has 0 bridgehead atoms. The van der Waals surface area contributed by atoms with Crippen LogP contribution in [0.5, 0.6) is 0 Å². The van der Waals surface area contributed by atoms with E-state index in [4.69, 9.17) is 0 Å². The lowest BCUT2D eigenvalue weighted by Crippen LogP contribution is -2.28. The average Bonchev–Trinajstić information content (AvgIpc) is 2.14. The summed E-state index contributed by atoms with van der Waals surface area (Å²) in [5, 5.41) is 0. The summed E-state index contributed by atoms with van der Waals surface area (Å²) in [6.07, 6.45) is 8.62.